The lowest BCUT2D eigenvalue weighted by Crippen LogP contribution is -2.26. The molecule has 1 saturated carbocycles. The molecular weight excluding hydrogens is 236 g/mol. The highest BCUT2D eigenvalue weighted by molar-refractivity contribution is 7.13. The molecule has 17 heavy (non-hydrogen) atoms. The van der Waals surface area contributed by atoms with Gasteiger partial charge in [0.05, 0.1) is 12.1 Å². The van der Waals surface area contributed by atoms with Crippen molar-refractivity contribution in [3.05, 3.63) is 11.1 Å². The van der Waals surface area contributed by atoms with Crippen LogP contribution >= 0.6 is 11.3 Å². The Bertz CT molecular complexity index is 388. The molecular formula is C12H18N2O2S. The molecule has 0 bridgehead atoms. The number of aliphatic carboxylic acids is 1. The summed E-state index contributed by atoms with van der Waals surface area (Å²) >= 11 is 1.64. The van der Waals surface area contributed by atoms with Gasteiger partial charge in [0.1, 0.15) is 0 Å². The van der Waals surface area contributed by atoms with Crippen LogP contribution in [0.4, 0.5) is 5.13 Å². The monoisotopic (exact) mass is 254 g/mol. The maximum absolute atomic E-state index is 10.5. The molecule has 1 aliphatic carbocycles. The zero-order valence-electron chi connectivity index (χ0n) is 10.1. The number of aryl methyl sites for hydroxylation is 1. The van der Waals surface area contributed by atoms with Gasteiger partial charge in [0.15, 0.2) is 5.13 Å². The van der Waals surface area contributed by atoms with Crippen LogP contribution in [0.2, 0.25) is 0 Å². The van der Waals surface area contributed by atoms with Gasteiger partial charge in [-0.2, -0.15) is 0 Å². The fourth-order valence-corrected chi connectivity index (χ4v) is 2.80. The second-order valence-corrected chi connectivity index (χ2v) is 5.28. The molecule has 1 aromatic rings. The normalized spacial score (nSPS) is 14.9. The van der Waals surface area contributed by atoms with Crippen LogP contribution in [0.15, 0.2) is 5.38 Å². The Morgan fingerprint density at radius 1 is 1.65 bits per heavy atom. The zero-order chi connectivity index (χ0) is 12.3. The Kier molecular flexibility index (Phi) is 3.99. The van der Waals surface area contributed by atoms with E-state index in [9.17, 15) is 4.79 Å². The van der Waals surface area contributed by atoms with E-state index in [0.717, 1.165) is 23.8 Å². The zero-order valence-corrected chi connectivity index (χ0v) is 10.9. The maximum Gasteiger partial charge on any atom is 0.303 e. The average Bonchev–Trinajstić information content (AvgIpc) is 3.02. The Balaban J connectivity index is 1.97. The van der Waals surface area contributed by atoms with E-state index in [1.165, 1.54) is 12.8 Å². The fourth-order valence-electron chi connectivity index (χ4n) is 1.84. The summed E-state index contributed by atoms with van der Waals surface area (Å²) in [5.41, 5.74) is 0.911. The highest BCUT2D eigenvalue weighted by Crippen LogP contribution is 2.33. The van der Waals surface area contributed by atoms with E-state index in [1.807, 2.05) is 5.38 Å². The Morgan fingerprint density at radius 2 is 2.41 bits per heavy atom. The highest BCUT2D eigenvalue weighted by atomic mass is 32.1. The third-order valence-corrected chi connectivity index (χ3v) is 3.76. The van der Waals surface area contributed by atoms with Gasteiger partial charge in [-0.3, -0.25) is 4.79 Å². The third-order valence-electron chi connectivity index (χ3n) is 2.83. The van der Waals surface area contributed by atoms with E-state index < -0.39 is 5.97 Å². The molecule has 5 heteroatoms. The van der Waals surface area contributed by atoms with Crippen molar-refractivity contribution in [1.29, 1.82) is 0 Å². The molecule has 0 aliphatic heterocycles. The Hall–Kier alpha value is -1.10. The highest BCUT2D eigenvalue weighted by Gasteiger charge is 2.30. The molecule has 0 aromatic carbocycles. The molecule has 0 saturated heterocycles. The van der Waals surface area contributed by atoms with Gasteiger partial charge in [-0.25, -0.2) is 4.98 Å². The maximum atomic E-state index is 10.5. The molecule has 1 N–H and O–H groups in total. The summed E-state index contributed by atoms with van der Waals surface area (Å²) < 4.78 is 0. The lowest BCUT2D eigenvalue weighted by atomic mass is 10.2. The number of aromatic nitrogens is 1. The van der Waals surface area contributed by atoms with Crippen LogP contribution in [0.5, 0.6) is 0 Å². The van der Waals surface area contributed by atoms with E-state index in [2.05, 4.69) is 16.8 Å². The van der Waals surface area contributed by atoms with Crippen molar-refractivity contribution in [1.82, 2.24) is 4.98 Å². The topological polar surface area (TPSA) is 53.4 Å². The van der Waals surface area contributed by atoms with Crippen LogP contribution in [0, 0.1) is 0 Å². The van der Waals surface area contributed by atoms with Crippen molar-refractivity contribution >= 4 is 22.4 Å². The molecule has 1 aromatic heterocycles. The predicted octanol–water partition coefficient (Wildman–Crippen LogP) is 2.54. The largest absolute Gasteiger partial charge is 0.481 e. The van der Waals surface area contributed by atoms with E-state index in [1.54, 1.807) is 11.3 Å². The van der Waals surface area contributed by atoms with Crippen molar-refractivity contribution in [2.24, 2.45) is 0 Å². The second-order valence-electron chi connectivity index (χ2n) is 4.44. The van der Waals surface area contributed by atoms with Crippen LogP contribution in [0.25, 0.3) is 0 Å². The Morgan fingerprint density at radius 3 is 3.00 bits per heavy atom. The SMILES string of the molecule is CCCN(c1nc(CCC(=O)O)cs1)C1CC1. The molecule has 4 nitrogen and oxygen atoms in total. The smallest absolute Gasteiger partial charge is 0.303 e. The molecule has 0 spiro atoms. The number of carboxylic acids is 1. The molecule has 1 fully saturated rings. The minimum atomic E-state index is -0.757. The van der Waals surface area contributed by atoms with Gasteiger partial charge >= 0.3 is 5.97 Å². The quantitative estimate of drug-likeness (QED) is 0.812. The molecule has 0 atom stereocenters. The van der Waals surface area contributed by atoms with Gasteiger partial charge < -0.3 is 10.0 Å². The summed E-state index contributed by atoms with van der Waals surface area (Å²) in [6, 6.07) is 0.674. The molecule has 0 radical (unpaired) electrons. The number of hydrogen-bond donors (Lipinski definition) is 1. The van der Waals surface area contributed by atoms with E-state index in [-0.39, 0.29) is 6.42 Å². The lowest BCUT2D eigenvalue weighted by molar-refractivity contribution is -0.136. The summed E-state index contributed by atoms with van der Waals surface area (Å²) in [5, 5.41) is 11.7. The van der Waals surface area contributed by atoms with Crippen molar-refractivity contribution in [3.8, 4) is 0 Å². The van der Waals surface area contributed by atoms with Crippen LogP contribution in [-0.4, -0.2) is 28.6 Å². The summed E-state index contributed by atoms with van der Waals surface area (Å²) in [4.78, 5) is 17.4. The standard InChI is InChI=1S/C12H18N2O2S/c1-2-7-14(10-4-5-10)12-13-9(8-17-12)3-6-11(15)16/h8,10H,2-7H2,1H3,(H,15,16). The number of nitrogens with zero attached hydrogens (tertiary/aromatic N) is 2. The average molecular weight is 254 g/mol. The van der Waals surface area contributed by atoms with Gasteiger partial charge in [-0.05, 0) is 19.3 Å². The first-order valence-electron chi connectivity index (χ1n) is 6.13. The minimum absolute atomic E-state index is 0.167. The number of carboxylic acid groups (broad SMARTS) is 1. The van der Waals surface area contributed by atoms with Crippen LogP contribution in [-0.2, 0) is 11.2 Å². The minimum Gasteiger partial charge on any atom is -0.481 e. The van der Waals surface area contributed by atoms with Gasteiger partial charge in [0.25, 0.3) is 0 Å². The summed E-state index contributed by atoms with van der Waals surface area (Å²) in [7, 11) is 0. The third kappa shape index (κ3) is 3.43. The van der Waals surface area contributed by atoms with E-state index >= 15 is 0 Å². The summed E-state index contributed by atoms with van der Waals surface area (Å²) in [5.74, 6) is -0.757. The van der Waals surface area contributed by atoms with Crippen LogP contribution < -0.4 is 4.90 Å². The number of hydrogen-bond acceptors (Lipinski definition) is 4. The number of thiazole rings is 1. The number of anilines is 1. The van der Waals surface area contributed by atoms with Gasteiger partial charge in [-0.15, -0.1) is 11.3 Å². The van der Waals surface area contributed by atoms with Crippen LogP contribution in [0.3, 0.4) is 0 Å². The van der Waals surface area contributed by atoms with Crippen molar-refractivity contribution in [3.63, 3.8) is 0 Å². The number of carbonyl (C=O) groups is 1. The summed E-state index contributed by atoms with van der Waals surface area (Å²) in [6.07, 6.45) is 4.37. The van der Waals surface area contributed by atoms with Crippen LogP contribution in [0.1, 0.15) is 38.3 Å². The second kappa shape index (κ2) is 5.49. The van der Waals surface area contributed by atoms with E-state index in [0.29, 0.717) is 12.5 Å². The molecule has 1 aliphatic rings. The number of rotatable bonds is 7. The molecule has 2 rings (SSSR count). The van der Waals surface area contributed by atoms with Crippen molar-refractivity contribution in [2.75, 3.05) is 11.4 Å². The first-order chi connectivity index (χ1) is 8.20. The first-order valence-corrected chi connectivity index (χ1v) is 7.01. The van der Waals surface area contributed by atoms with E-state index in [4.69, 9.17) is 5.11 Å². The summed E-state index contributed by atoms with van der Waals surface area (Å²) in [6.45, 7) is 3.23. The molecule has 0 unspecified atom stereocenters. The molecule has 0 amide bonds. The van der Waals surface area contributed by atoms with Gasteiger partial charge in [-0.1, -0.05) is 6.92 Å². The lowest BCUT2D eigenvalue weighted by Gasteiger charge is -2.20. The van der Waals surface area contributed by atoms with Gasteiger partial charge in [0.2, 0.25) is 0 Å². The molecule has 1 heterocycles. The first kappa shape index (κ1) is 12.4. The fraction of sp³-hybridized carbons (Fsp3) is 0.667. The van der Waals surface area contributed by atoms with Crippen molar-refractivity contribution < 1.29 is 9.90 Å². The van der Waals surface area contributed by atoms with Gasteiger partial charge in [0, 0.05) is 24.4 Å². The van der Waals surface area contributed by atoms with Crippen molar-refractivity contribution in [2.45, 2.75) is 45.1 Å². The molecule has 94 valence electrons. The Labute approximate surface area is 105 Å². The predicted molar refractivity (Wildman–Crippen MR) is 68.7 cm³/mol.